The van der Waals surface area contributed by atoms with E-state index in [2.05, 4.69) is 31.4 Å². The van der Waals surface area contributed by atoms with Crippen LogP contribution < -0.4 is 0 Å². The molecule has 0 radical (unpaired) electrons. The maximum absolute atomic E-state index is 10.4. The lowest BCUT2D eigenvalue weighted by atomic mass is 10.1. The highest BCUT2D eigenvalue weighted by Crippen LogP contribution is 2.23. The molecule has 2 nitrogen and oxygen atoms in total. The van der Waals surface area contributed by atoms with Crippen LogP contribution in [0.4, 0.5) is 0 Å². The van der Waals surface area contributed by atoms with E-state index in [0.29, 0.717) is 6.42 Å². The molecule has 0 bridgehead atoms. The van der Waals surface area contributed by atoms with E-state index in [1.165, 1.54) is 16.0 Å². The van der Waals surface area contributed by atoms with Crippen LogP contribution >= 0.6 is 11.8 Å². The summed E-state index contributed by atoms with van der Waals surface area (Å²) in [6.07, 6.45) is 3.87. The summed E-state index contributed by atoms with van der Waals surface area (Å²) in [6, 6.07) is 6.33. The van der Waals surface area contributed by atoms with Crippen LogP contribution in [-0.4, -0.2) is 17.3 Å². The van der Waals surface area contributed by atoms with Crippen LogP contribution in [-0.2, 0) is 11.2 Å². The summed E-state index contributed by atoms with van der Waals surface area (Å²) in [5, 5.41) is 8.56. The minimum absolute atomic E-state index is 0.252. The molecule has 0 aliphatic heterocycles. The molecule has 0 aliphatic rings. The molecule has 0 amide bonds. The molecule has 1 N–H and O–H groups in total. The summed E-state index contributed by atoms with van der Waals surface area (Å²) < 4.78 is 0. The van der Waals surface area contributed by atoms with E-state index in [9.17, 15) is 4.79 Å². The first kappa shape index (κ1) is 12.1. The Kier molecular flexibility index (Phi) is 4.69. The molecule has 0 saturated heterocycles. The summed E-state index contributed by atoms with van der Waals surface area (Å²) in [5.41, 5.74) is 2.51. The normalized spacial score (nSPS) is 10.3. The monoisotopic (exact) mass is 224 g/mol. The van der Waals surface area contributed by atoms with E-state index >= 15 is 0 Å². The zero-order valence-corrected chi connectivity index (χ0v) is 9.93. The Balaban J connectivity index is 2.63. The lowest BCUT2D eigenvalue weighted by Gasteiger charge is -2.07. The quantitative estimate of drug-likeness (QED) is 0.781. The fourth-order valence-electron chi connectivity index (χ4n) is 1.49. The molecular formula is C12H16O2S. The number of thioether (sulfide) groups is 1. The Labute approximate surface area is 94.7 Å². The van der Waals surface area contributed by atoms with Crippen molar-refractivity contribution in [2.75, 3.05) is 6.26 Å². The van der Waals surface area contributed by atoms with Gasteiger partial charge in [0.25, 0.3) is 0 Å². The van der Waals surface area contributed by atoms with Crippen molar-refractivity contribution in [2.45, 2.75) is 31.1 Å². The lowest BCUT2D eigenvalue weighted by Crippen LogP contribution is -1.97. The second kappa shape index (κ2) is 5.81. The first-order valence-electron chi connectivity index (χ1n) is 4.99. The van der Waals surface area contributed by atoms with Crippen molar-refractivity contribution in [1.29, 1.82) is 0 Å². The van der Waals surface area contributed by atoms with Crippen molar-refractivity contribution in [2.24, 2.45) is 0 Å². The fourth-order valence-corrected chi connectivity index (χ4v) is 2.22. The number of carboxylic acids is 1. The zero-order valence-electron chi connectivity index (χ0n) is 9.12. The highest BCUT2D eigenvalue weighted by atomic mass is 32.2. The Morgan fingerprint density at radius 3 is 2.80 bits per heavy atom. The van der Waals surface area contributed by atoms with Crippen molar-refractivity contribution >= 4 is 17.7 Å². The molecule has 82 valence electrons. The molecule has 15 heavy (non-hydrogen) atoms. The van der Waals surface area contributed by atoms with Gasteiger partial charge >= 0.3 is 5.97 Å². The van der Waals surface area contributed by atoms with Gasteiger partial charge in [-0.3, -0.25) is 4.79 Å². The number of hydrogen-bond acceptors (Lipinski definition) is 2. The van der Waals surface area contributed by atoms with Gasteiger partial charge < -0.3 is 5.11 Å². The van der Waals surface area contributed by atoms with Gasteiger partial charge in [0, 0.05) is 11.3 Å². The van der Waals surface area contributed by atoms with Crippen LogP contribution in [0.1, 0.15) is 24.0 Å². The number of carbonyl (C=O) groups is 1. The topological polar surface area (TPSA) is 37.3 Å². The predicted octanol–water partition coefficient (Wildman–Crippen LogP) is 3.12. The Hall–Kier alpha value is -0.960. The first-order valence-corrected chi connectivity index (χ1v) is 6.21. The minimum Gasteiger partial charge on any atom is -0.481 e. The van der Waals surface area contributed by atoms with Gasteiger partial charge in [0.15, 0.2) is 0 Å². The Morgan fingerprint density at radius 2 is 2.20 bits per heavy atom. The average molecular weight is 224 g/mol. The van der Waals surface area contributed by atoms with Crippen molar-refractivity contribution in [3.8, 4) is 0 Å². The van der Waals surface area contributed by atoms with Crippen molar-refractivity contribution in [3.63, 3.8) is 0 Å². The number of carboxylic acid groups (broad SMARTS) is 1. The third kappa shape index (κ3) is 3.96. The standard InChI is InChI=1S/C12H16O2S/c1-9-6-7-10(11(8-9)15-2)4-3-5-12(13)14/h6-8H,3-5H2,1-2H3,(H,13,14). The smallest absolute Gasteiger partial charge is 0.303 e. The zero-order chi connectivity index (χ0) is 11.3. The highest BCUT2D eigenvalue weighted by molar-refractivity contribution is 7.98. The SMILES string of the molecule is CSc1cc(C)ccc1CCCC(=O)O. The van der Waals surface area contributed by atoms with E-state index < -0.39 is 5.97 Å². The van der Waals surface area contributed by atoms with Crippen LogP contribution in [0.3, 0.4) is 0 Å². The summed E-state index contributed by atoms with van der Waals surface area (Å²) in [4.78, 5) is 11.7. The van der Waals surface area contributed by atoms with E-state index in [-0.39, 0.29) is 6.42 Å². The second-order valence-corrected chi connectivity index (χ2v) is 4.41. The molecule has 0 fully saturated rings. The van der Waals surface area contributed by atoms with Crippen LogP contribution in [0, 0.1) is 6.92 Å². The number of hydrogen-bond donors (Lipinski definition) is 1. The van der Waals surface area contributed by atoms with Gasteiger partial charge in [0.2, 0.25) is 0 Å². The molecule has 0 unspecified atom stereocenters. The Morgan fingerprint density at radius 1 is 1.47 bits per heavy atom. The van der Waals surface area contributed by atoms with E-state index in [0.717, 1.165) is 6.42 Å². The molecule has 1 aromatic rings. The molecule has 0 saturated carbocycles. The van der Waals surface area contributed by atoms with Crippen molar-refractivity contribution in [1.82, 2.24) is 0 Å². The number of aryl methyl sites for hydroxylation is 2. The van der Waals surface area contributed by atoms with Crippen LogP contribution in [0.15, 0.2) is 23.1 Å². The molecule has 0 aromatic heterocycles. The summed E-state index contributed by atoms with van der Waals surface area (Å²) in [6.45, 7) is 2.07. The summed E-state index contributed by atoms with van der Waals surface area (Å²) >= 11 is 1.72. The fraction of sp³-hybridized carbons (Fsp3) is 0.417. The van der Waals surface area contributed by atoms with Crippen LogP contribution in [0.2, 0.25) is 0 Å². The van der Waals surface area contributed by atoms with Gasteiger partial charge in [-0.2, -0.15) is 0 Å². The number of rotatable bonds is 5. The van der Waals surface area contributed by atoms with Crippen LogP contribution in [0.25, 0.3) is 0 Å². The van der Waals surface area contributed by atoms with Gasteiger partial charge in [-0.25, -0.2) is 0 Å². The van der Waals surface area contributed by atoms with E-state index in [4.69, 9.17) is 5.11 Å². The lowest BCUT2D eigenvalue weighted by molar-refractivity contribution is -0.137. The largest absolute Gasteiger partial charge is 0.481 e. The molecule has 0 aliphatic carbocycles. The van der Waals surface area contributed by atoms with Crippen molar-refractivity contribution in [3.05, 3.63) is 29.3 Å². The molecule has 1 aromatic carbocycles. The predicted molar refractivity (Wildman–Crippen MR) is 63.5 cm³/mol. The molecule has 1 rings (SSSR count). The van der Waals surface area contributed by atoms with Crippen LogP contribution in [0.5, 0.6) is 0 Å². The summed E-state index contributed by atoms with van der Waals surface area (Å²) in [5.74, 6) is -0.715. The molecule has 0 spiro atoms. The maximum atomic E-state index is 10.4. The van der Waals surface area contributed by atoms with Crippen molar-refractivity contribution < 1.29 is 9.90 Å². The molecular weight excluding hydrogens is 208 g/mol. The van der Waals surface area contributed by atoms with Gasteiger partial charge in [0.05, 0.1) is 0 Å². The molecule has 3 heteroatoms. The summed E-state index contributed by atoms with van der Waals surface area (Å²) in [7, 11) is 0. The minimum atomic E-state index is -0.715. The van der Waals surface area contributed by atoms with Gasteiger partial charge in [0.1, 0.15) is 0 Å². The third-order valence-corrected chi connectivity index (χ3v) is 3.10. The molecule has 0 heterocycles. The highest BCUT2D eigenvalue weighted by Gasteiger charge is 2.03. The Bertz CT molecular complexity index is 347. The number of aliphatic carboxylic acids is 1. The maximum Gasteiger partial charge on any atom is 0.303 e. The van der Waals surface area contributed by atoms with E-state index in [1.54, 1.807) is 11.8 Å². The van der Waals surface area contributed by atoms with Gasteiger partial charge in [-0.1, -0.05) is 17.7 Å². The van der Waals surface area contributed by atoms with E-state index in [1.807, 2.05) is 0 Å². The van der Waals surface area contributed by atoms with Gasteiger partial charge in [-0.15, -0.1) is 11.8 Å². The molecule has 0 atom stereocenters. The average Bonchev–Trinajstić information content (AvgIpc) is 2.19. The van der Waals surface area contributed by atoms with Gasteiger partial charge in [-0.05, 0) is 37.7 Å². The number of benzene rings is 1. The third-order valence-electron chi connectivity index (χ3n) is 2.28. The first-order chi connectivity index (χ1) is 7.13. The second-order valence-electron chi connectivity index (χ2n) is 3.56.